The van der Waals surface area contributed by atoms with E-state index in [4.69, 9.17) is 11.6 Å². The fourth-order valence-corrected chi connectivity index (χ4v) is 4.33. The molecular weight excluding hydrogens is 300 g/mol. The van der Waals surface area contributed by atoms with Crippen LogP contribution in [0.25, 0.3) is 10.1 Å². The zero-order chi connectivity index (χ0) is 14.4. The topological polar surface area (TPSA) is 24.4 Å². The average molecular weight is 313 g/mol. The van der Waals surface area contributed by atoms with Crippen LogP contribution in [0.2, 0.25) is 5.02 Å². The number of thiophene rings is 1. The van der Waals surface area contributed by atoms with E-state index in [1.54, 1.807) is 17.7 Å². The minimum Gasteiger partial charge on any atom is -0.365 e. The molecule has 1 aliphatic rings. The van der Waals surface area contributed by atoms with Crippen LogP contribution < -0.4 is 5.32 Å². The van der Waals surface area contributed by atoms with Crippen molar-refractivity contribution >= 4 is 45.0 Å². The lowest BCUT2D eigenvalue weighted by molar-refractivity contribution is 0.766. The van der Waals surface area contributed by atoms with E-state index in [0.717, 1.165) is 15.4 Å². The number of halogens is 1. The Morgan fingerprint density at radius 1 is 1.14 bits per heavy atom. The fourth-order valence-electron chi connectivity index (χ4n) is 2.94. The fraction of sp³-hybridized carbons (Fsp3) is 0.118. The Labute approximate surface area is 132 Å². The molecule has 2 aromatic carbocycles. The summed E-state index contributed by atoms with van der Waals surface area (Å²) in [5.41, 5.74) is 3.54. The number of nitrogens with zero attached hydrogens (tertiary/aromatic N) is 1. The van der Waals surface area contributed by atoms with Gasteiger partial charge in [0.1, 0.15) is 0 Å². The van der Waals surface area contributed by atoms with Crippen molar-refractivity contribution in [3.63, 3.8) is 0 Å². The van der Waals surface area contributed by atoms with Crippen LogP contribution in [0.3, 0.4) is 0 Å². The van der Waals surface area contributed by atoms with Gasteiger partial charge in [-0.1, -0.05) is 41.9 Å². The highest BCUT2D eigenvalue weighted by atomic mass is 35.5. The maximum Gasteiger partial charge on any atom is 0.0893 e. The lowest BCUT2D eigenvalue weighted by Crippen LogP contribution is -2.24. The van der Waals surface area contributed by atoms with E-state index < -0.39 is 0 Å². The molecule has 104 valence electrons. The molecule has 0 saturated heterocycles. The van der Waals surface area contributed by atoms with Gasteiger partial charge in [0.15, 0.2) is 0 Å². The first-order valence-corrected chi connectivity index (χ1v) is 8.00. The molecule has 0 radical (unpaired) electrons. The van der Waals surface area contributed by atoms with Crippen LogP contribution in [0.4, 0.5) is 5.69 Å². The SMILES string of the molecule is Cc1sc2c(Cl)cccc2c1C1NC=Nc2ccccc21. The number of fused-ring (bicyclic) bond motifs is 2. The van der Waals surface area contributed by atoms with Gasteiger partial charge in [-0.2, -0.15) is 0 Å². The van der Waals surface area contributed by atoms with E-state index >= 15 is 0 Å². The van der Waals surface area contributed by atoms with Crippen LogP contribution in [0.15, 0.2) is 47.5 Å². The van der Waals surface area contributed by atoms with Gasteiger partial charge in [-0.15, -0.1) is 11.3 Å². The summed E-state index contributed by atoms with van der Waals surface area (Å²) in [4.78, 5) is 5.71. The standard InChI is InChI=1S/C17H13ClN2S/c1-10-15(12-6-4-7-13(18)17(12)21-10)16-11-5-2-3-8-14(11)19-9-20-16/h2-9,16H,1H3,(H,19,20). The summed E-state index contributed by atoms with van der Waals surface area (Å²) in [6.45, 7) is 2.16. The van der Waals surface area contributed by atoms with Crippen LogP contribution in [0, 0.1) is 6.92 Å². The Bertz CT molecular complexity index is 866. The molecule has 0 aliphatic carbocycles. The molecule has 1 aliphatic heterocycles. The molecule has 1 aromatic heterocycles. The lowest BCUT2D eigenvalue weighted by Gasteiger charge is -2.23. The van der Waals surface area contributed by atoms with Crippen molar-refractivity contribution in [2.75, 3.05) is 0 Å². The molecule has 21 heavy (non-hydrogen) atoms. The predicted molar refractivity (Wildman–Crippen MR) is 91.1 cm³/mol. The second-order valence-electron chi connectivity index (χ2n) is 5.11. The molecule has 0 bridgehead atoms. The molecule has 3 aromatic rings. The Morgan fingerprint density at radius 3 is 2.90 bits per heavy atom. The Hall–Kier alpha value is -1.84. The molecule has 0 spiro atoms. The van der Waals surface area contributed by atoms with Crippen molar-refractivity contribution in [1.29, 1.82) is 0 Å². The monoisotopic (exact) mass is 312 g/mol. The zero-order valence-electron chi connectivity index (χ0n) is 11.4. The van der Waals surface area contributed by atoms with Gasteiger partial charge in [0.2, 0.25) is 0 Å². The molecule has 0 fully saturated rings. The maximum absolute atomic E-state index is 6.35. The Balaban J connectivity index is 1.98. The van der Waals surface area contributed by atoms with Crippen LogP contribution in [0.1, 0.15) is 22.0 Å². The molecule has 0 amide bonds. The quantitative estimate of drug-likeness (QED) is 0.655. The summed E-state index contributed by atoms with van der Waals surface area (Å²) in [5, 5.41) is 5.46. The van der Waals surface area contributed by atoms with Gasteiger partial charge in [0, 0.05) is 16.0 Å². The summed E-state index contributed by atoms with van der Waals surface area (Å²) in [6.07, 6.45) is 1.79. The van der Waals surface area contributed by atoms with Gasteiger partial charge >= 0.3 is 0 Å². The van der Waals surface area contributed by atoms with Gasteiger partial charge in [-0.05, 0) is 24.4 Å². The van der Waals surface area contributed by atoms with Gasteiger partial charge < -0.3 is 5.32 Å². The Kier molecular flexibility index (Phi) is 2.98. The van der Waals surface area contributed by atoms with Crippen LogP contribution >= 0.6 is 22.9 Å². The first-order valence-electron chi connectivity index (χ1n) is 6.81. The zero-order valence-corrected chi connectivity index (χ0v) is 13.0. The van der Waals surface area contributed by atoms with E-state index in [1.165, 1.54) is 21.4 Å². The first-order chi connectivity index (χ1) is 10.3. The van der Waals surface area contributed by atoms with Gasteiger partial charge in [-0.25, -0.2) is 4.99 Å². The van der Waals surface area contributed by atoms with Gasteiger partial charge in [-0.3, -0.25) is 0 Å². The number of aliphatic imine (C=N–C) groups is 1. The highest BCUT2D eigenvalue weighted by Gasteiger charge is 2.24. The molecular formula is C17H13ClN2S. The van der Waals surface area contributed by atoms with Crippen molar-refractivity contribution < 1.29 is 0 Å². The molecule has 2 nitrogen and oxygen atoms in total. The molecule has 2 heterocycles. The molecule has 1 unspecified atom stereocenters. The third kappa shape index (κ3) is 1.96. The molecule has 0 saturated carbocycles. The Morgan fingerprint density at radius 2 is 2.00 bits per heavy atom. The maximum atomic E-state index is 6.35. The average Bonchev–Trinajstić information content (AvgIpc) is 2.84. The predicted octanol–water partition coefficient (Wildman–Crippen LogP) is 5.22. The van der Waals surface area contributed by atoms with E-state index in [-0.39, 0.29) is 6.04 Å². The number of benzene rings is 2. The van der Waals surface area contributed by atoms with E-state index in [9.17, 15) is 0 Å². The second-order valence-corrected chi connectivity index (χ2v) is 6.74. The summed E-state index contributed by atoms with van der Waals surface area (Å²) < 4.78 is 1.16. The number of hydrogen-bond acceptors (Lipinski definition) is 3. The van der Waals surface area contributed by atoms with Gasteiger partial charge in [0.25, 0.3) is 0 Å². The van der Waals surface area contributed by atoms with Crippen molar-refractivity contribution in [3.8, 4) is 0 Å². The number of aryl methyl sites for hydroxylation is 1. The van der Waals surface area contributed by atoms with E-state index in [2.05, 4.69) is 41.5 Å². The third-order valence-electron chi connectivity index (χ3n) is 3.87. The summed E-state index contributed by atoms with van der Waals surface area (Å²) >= 11 is 8.10. The van der Waals surface area contributed by atoms with Crippen LogP contribution in [0.5, 0.6) is 0 Å². The highest BCUT2D eigenvalue weighted by Crippen LogP contribution is 2.42. The lowest BCUT2D eigenvalue weighted by atomic mass is 9.94. The van der Waals surface area contributed by atoms with Crippen molar-refractivity contribution in [2.24, 2.45) is 4.99 Å². The molecule has 1 atom stereocenters. The minimum atomic E-state index is 0.130. The second kappa shape index (κ2) is 4.86. The van der Waals surface area contributed by atoms with Crippen LogP contribution in [-0.4, -0.2) is 6.34 Å². The smallest absolute Gasteiger partial charge is 0.0893 e. The molecule has 4 rings (SSSR count). The number of para-hydroxylation sites is 1. The molecule has 1 N–H and O–H groups in total. The normalized spacial score (nSPS) is 16.8. The summed E-state index contributed by atoms with van der Waals surface area (Å²) in [7, 11) is 0. The third-order valence-corrected chi connectivity index (χ3v) is 5.47. The number of hydrogen-bond donors (Lipinski definition) is 1. The highest BCUT2D eigenvalue weighted by molar-refractivity contribution is 7.19. The largest absolute Gasteiger partial charge is 0.365 e. The summed E-state index contributed by atoms with van der Waals surface area (Å²) in [5.74, 6) is 0. The van der Waals surface area contributed by atoms with E-state index in [1.807, 2.05) is 18.2 Å². The first kappa shape index (κ1) is 12.9. The van der Waals surface area contributed by atoms with Crippen LogP contribution in [-0.2, 0) is 0 Å². The molecule has 4 heteroatoms. The van der Waals surface area contributed by atoms with Crippen molar-refractivity contribution in [2.45, 2.75) is 13.0 Å². The van der Waals surface area contributed by atoms with Crippen molar-refractivity contribution in [1.82, 2.24) is 5.32 Å². The number of rotatable bonds is 1. The summed E-state index contributed by atoms with van der Waals surface area (Å²) in [6, 6.07) is 14.5. The van der Waals surface area contributed by atoms with Gasteiger partial charge in [0.05, 0.1) is 27.8 Å². The number of nitrogens with one attached hydrogen (secondary N) is 1. The van der Waals surface area contributed by atoms with Crippen molar-refractivity contribution in [3.05, 3.63) is 63.5 Å². The minimum absolute atomic E-state index is 0.130. The van der Waals surface area contributed by atoms with E-state index in [0.29, 0.717) is 0 Å².